The van der Waals surface area contributed by atoms with E-state index in [4.69, 9.17) is 0 Å². The zero-order valence-corrected chi connectivity index (χ0v) is 12.5. The normalized spacial score (nSPS) is 9.68. The van der Waals surface area contributed by atoms with E-state index in [1.807, 2.05) is 18.3 Å². The average molecular weight is 359 g/mol. The van der Waals surface area contributed by atoms with Crippen molar-refractivity contribution >= 4 is 0 Å². The van der Waals surface area contributed by atoms with Gasteiger partial charge in [0.15, 0.2) is 6.20 Å². The summed E-state index contributed by atoms with van der Waals surface area (Å²) in [6.07, 6.45) is 1.99. The first-order valence-corrected chi connectivity index (χ1v) is 6.06. The van der Waals surface area contributed by atoms with Crippen LogP contribution in [0, 0.1) is 0 Å². The minimum Gasteiger partial charge on any atom is -1.00 e. The Hall–Kier alpha value is -1.68. The van der Waals surface area contributed by atoms with Crippen molar-refractivity contribution in [3.05, 3.63) is 79.0 Å². The summed E-state index contributed by atoms with van der Waals surface area (Å²) in [4.78, 5) is 3.29. The minimum atomic E-state index is 0. The maximum Gasteiger partial charge on any atom is 0.211 e. The summed E-state index contributed by atoms with van der Waals surface area (Å²) in [7, 11) is 0. The molecule has 0 atom stereocenters. The average Bonchev–Trinajstić information content (AvgIpc) is 2.49. The topological polar surface area (TPSA) is 14.1 Å². The van der Waals surface area contributed by atoms with E-state index in [1.165, 1.54) is 16.7 Å². The van der Waals surface area contributed by atoms with E-state index in [9.17, 15) is 0 Å². The molecule has 94 valence electrons. The molecule has 0 amide bonds. The first kappa shape index (κ1) is 13.7. The number of nitrogens with one attached hydrogen (secondary N) is 1. The summed E-state index contributed by atoms with van der Waals surface area (Å²) in [5.41, 5.74) is 4.81. The molecule has 0 saturated carbocycles. The molecule has 0 saturated heterocycles. The van der Waals surface area contributed by atoms with Gasteiger partial charge in [-0.25, -0.2) is 4.98 Å². The van der Waals surface area contributed by atoms with Gasteiger partial charge in [-0.3, -0.25) is 0 Å². The van der Waals surface area contributed by atoms with Crippen molar-refractivity contribution in [3.63, 3.8) is 0 Å². The monoisotopic (exact) mass is 359 g/mol. The highest BCUT2D eigenvalue weighted by Gasteiger charge is 2.06. The van der Waals surface area contributed by atoms with Gasteiger partial charge < -0.3 is 24.0 Å². The Morgan fingerprint density at radius 1 is 0.579 bits per heavy atom. The van der Waals surface area contributed by atoms with E-state index in [2.05, 4.69) is 65.6 Å². The molecule has 3 aromatic rings. The lowest BCUT2D eigenvalue weighted by atomic mass is 10.0. The van der Waals surface area contributed by atoms with Crippen LogP contribution >= 0.6 is 0 Å². The van der Waals surface area contributed by atoms with Gasteiger partial charge in [0.2, 0.25) is 5.69 Å². The van der Waals surface area contributed by atoms with Crippen LogP contribution in [0.25, 0.3) is 22.4 Å². The molecule has 2 aromatic carbocycles. The second-order valence-electron chi connectivity index (χ2n) is 4.22. The summed E-state index contributed by atoms with van der Waals surface area (Å²) in [5.74, 6) is 0. The lowest BCUT2D eigenvalue weighted by molar-refractivity contribution is -0.364. The highest BCUT2D eigenvalue weighted by Crippen LogP contribution is 2.22. The van der Waals surface area contributed by atoms with Crippen molar-refractivity contribution in [1.82, 2.24) is 0 Å². The summed E-state index contributed by atoms with van der Waals surface area (Å²) < 4.78 is 0. The number of aromatic nitrogens is 1. The van der Waals surface area contributed by atoms with E-state index >= 15 is 0 Å². The molecule has 0 radical (unpaired) electrons. The van der Waals surface area contributed by atoms with Gasteiger partial charge in [0, 0.05) is 17.7 Å². The second kappa shape index (κ2) is 6.48. The number of H-pyrrole nitrogens is 1. The molecule has 1 nitrogen and oxygen atoms in total. The third kappa shape index (κ3) is 3.20. The summed E-state index contributed by atoms with van der Waals surface area (Å²) in [5, 5.41) is 0. The van der Waals surface area contributed by atoms with E-state index < -0.39 is 0 Å². The van der Waals surface area contributed by atoms with E-state index in [-0.39, 0.29) is 24.0 Å². The Morgan fingerprint density at radius 2 is 1.16 bits per heavy atom. The molecule has 0 bridgehead atoms. The van der Waals surface area contributed by atoms with E-state index in [0.29, 0.717) is 0 Å². The molecule has 0 aliphatic carbocycles. The molecular formula is C17H14IN. The Morgan fingerprint density at radius 3 is 1.79 bits per heavy atom. The van der Waals surface area contributed by atoms with Crippen molar-refractivity contribution in [3.8, 4) is 22.4 Å². The van der Waals surface area contributed by atoms with Crippen molar-refractivity contribution in [2.75, 3.05) is 0 Å². The van der Waals surface area contributed by atoms with Crippen molar-refractivity contribution in [1.29, 1.82) is 0 Å². The van der Waals surface area contributed by atoms with Gasteiger partial charge >= 0.3 is 0 Å². The molecule has 1 N–H and O–H groups in total. The predicted molar refractivity (Wildman–Crippen MR) is 73.9 cm³/mol. The number of pyridine rings is 1. The first-order chi connectivity index (χ1) is 8.93. The molecule has 0 unspecified atom stereocenters. The Bertz CT molecular complexity index is 581. The predicted octanol–water partition coefficient (Wildman–Crippen LogP) is 0.839. The van der Waals surface area contributed by atoms with Crippen LogP contribution < -0.4 is 29.0 Å². The third-order valence-electron chi connectivity index (χ3n) is 2.99. The number of aromatic amines is 1. The number of benzene rings is 2. The van der Waals surface area contributed by atoms with Crippen molar-refractivity contribution in [2.45, 2.75) is 0 Å². The molecule has 0 spiro atoms. The molecule has 1 heterocycles. The SMILES string of the molecule is [I-].c1ccc(-c2cc[nH+]c(-c3ccccc3)c2)cc1. The largest absolute Gasteiger partial charge is 1.00 e. The van der Waals surface area contributed by atoms with Crippen LogP contribution in [0.4, 0.5) is 0 Å². The van der Waals surface area contributed by atoms with Crippen molar-refractivity contribution in [2.24, 2.45) is 0 Å². The number of halogens is 1. The fourth-order valence-electron chi connectivity index (χ4n) is 2.06. The van der Waals surface area contributed by atoms with Crippen LogP contribution in [0.15, 0.2) is 79.0 Å². The molecule has 2 heteroatoms. The Labute approximate surface area is 130 Å². The quantitative estimate of drug-likeness (QED) is 0.603. The standard InChI is InChI=1S/C17H13N.HI/c1-3-7-14(8-4-1)16-11-12-18-17(13-16)15-9-5-2-6-10-15;/h1-13H;1H. The lowest BCUT2D eigenvalue weighted by Crippen LogP contribution is -3.00. The van der Waals surface area contributed by atoms with Crippen LogP contribution in [-0.4, -0.2) is 0 Å². The van der Waals surface area contributed by atoms with Crippen LogP contribution in [-0.2, 0) is 0 Å². The van der Waals surface area contributed by atoms with Crippen LogP contribution in [0.3, 0.4) is 0 Å². The zero-order chi connectivity index (χ0) is 12.2. The van der Waals surface area contributed by atoms with Gasteiger partial charge in [-0.15, -0.1) is 0 Å². The Balaban J connectivity index is 0.00000133. The third-order valence-corrected chi connectivity index (χ3v) is 2.99. The lowest BCUT2D eigenvalue weighted by Gasteiger charge is -2.01. The van der Waals surface area contributed by atoms with Gasteiger partial charge in [0.1, 0.15) is 0 Å². The number of hydrogen-bond donors (Lipinski definition) is 0. The Kier molecular flexibility index (Phi) is 4.68. The summed E-state index contributed by atoms with van der Waals surface area (Å²) in [6, 6.07) is 25.1. The maximum absolute atomic E-state index is 3.29. The first-order valence-electron chi connectivity index (χ1n) is 6.06. The van der Waals surface area contributed by atoms with Gasteiger partial charge in [0.05, 0.1) is 0 Å². The molecular weight excluding hydrogens is 345 g/mol. The molecule has 19 heavy (non-hydrogen) atoms. The van der Waals surface area contributed by atoms with Crippen LogP contribution in [0.5, 0.6) is 0 Å². The number of hydrogen-bond acceptors (Lipinski definition) is 0. The van der Waals surface area contributed by atoms with Gasteiger partial charge in [-0.1, -0.05) is 48.5 Å². The van der Waals surface area contributed by atoms with Crippen molar-refractivity contribution < 1.29 is 29.0 Å². The van der Waals surface area contributed by atoms with E-state index in [0.717, 1.165) is 5.69 Å². The zero-order valence-electron chi connectivity index (χ0n) is 10.4. The molecule has 0 aliphatic heterocycles. The van der Waals surface area contributed by atoms with E-state index in [1.54, 1.807) is 0 Å². The highest BCUT2D eigenvalue weighted by molar-refractivity contribution is 5.68. The maximum atomic E-state index is 3.29. The molecule has 3 rings (SSSR count). The minimum absolute atomic E-state index is 0. The van der Waals surface area contributed by atoms with Gasteiger partial charge in [0.25, 0.3) is 0 Å². The highest BCUT2D eigenvalue weighted by atomic mass is 127. The fourth-order valence-corrected chi connectivity index (χ4v) is 2.06. The summed E-state index contributed by atoms with van der Waals surface area (Å²) >= 11 is 0. The molecule has 1 aromatic heterocycles. The van der Waals surface area contributed by atoms with Gasteiger partial charge in [-0.2, -0.15) is 0 Å². The van der Waals surface area contributed by atoms with Crippen LogP contribution in [0.1, 0.15) is 0 Å². The smallest absolute Gasteiger partial charge is 0.211 e. The van der Waals surface area contributed by atoms with Gasteiger partial charge in [-0.05, 0) is 23.3 Å². The number of rotatable bonds is 2. The molecule has 0 aliphatic rings. The second-order valence-corrected chi connectivity index (χ2v) is 4.22. The fraction of sp³-hybridized carbons (Fsp3) is 0. The summed E-state index contributed by atoms with van der Waals surface area (Å²) in [6.45, 7) is 0. The molecule has 0 fully saturated rings. The van der Waals surface area contributed by atoms with Crippen LogP contribution in [0.2, 0.25) is 0 Å².